The Morgan fingerprint density at radius 1 is 1.17 bits per heavy atom. The van der Waals surface area contributed by atoms with E-state index < -0.39 is 0 Å². The number of nitrogens with two attached hydrogens (primary N) is 1. The lowest BCUT2D eigenvalue weighted by molar-refractivity contribution is -0.0409. The van der Waals surface area contributed by atoms with E-state index in [-0.39, 0.29) is 12.1 Å². The van der Waals surface area contributed by atoms with Gasteiger partial charge in [-0.25, -0.2) is 0 Å². The van der Waals surface area contributed by atoms with Crippen LogP contribution < -0.4 is 5.73 Å². The van der Waals surface area contributed by atoms with Crippen LogP contribution in [0.3, 0.4) is 0 Å². The van der Waals surface area contributed by atoms with Gasteiger partial charge in [-0.2, -0.15) is 0 Å². The van der Waals surface area contributed by atoms with Crippen LogP contribution in [0.5, 0.6) is 0 Å². The van der Waals surface area contributed by atoms with Crippen molar-refractivity contribution in [2.45, 2.75) is 64.2 Å². The highest BCUT2D eigenvalue weighted by atomic mass is 16.5. The highest BCUT2D eigenvalue weighted by Crippen LogP contribution is 2.30. The molecular weight excluding hydrogens is 222 g/mol. The van der Waals surface area contributed by atoms with E-state index in [9.17, 15) is 0 Å². The normalized spacial score (nSPS) is 20.6. The molecule has 2 N–H and O–H groups in total. The molecule has 0 radical (unpaired) electrons. The maximum atomic E-state index is 6.29. The molecule has 1 aromatic carbocycles. The quantitative estimate of drug-likeness (QED) is 0.879. The first-order chi connectivity index (χ1) is 8.68. The van der Waals surface area contributed by atoms with Crippen LogP contribution in [0.15, 0.2) is 24.3 Å². The highest BCUT2D eigenvalue weighted by molar-refractivity contribution is 5.28. The molecule has 1 aliphatic carbocycles. The van der Waals surface area contributed by atoms with Crippen molar-refractivity contribution in [2.75, 3.05) is 0 Å². The Hall–Kier alpha value is -0.860. The van der Waals surface area contributed by atoms with E-state index >= 15 is 0 Å². The van der Waals surface area contributed by atoms with Crippen LogP contribution in [0, 0.1) is 6.92 Å². The molecule has 1 aromatic rings. The van der Waals surface area contributed by atoms with Gasteiger partial charge >= 0.3 is 0 Å². The van der Waals surface area contributed by atoms with Gasteiger partial charge in [-0.3, -0.25) is 0 Å². The van der Waals surface area contributed by atoms with Crippen molar-refractivity contribution in [1.29, 1.82) is 0 Å². The number of hydrogen-bond acceptors (Lipinski definition) is 2. The summed E-state index contributed by atoms with van der Waals surface area (Å²) in [5.74, 6) is 0. The van der Waals surface area contributed by atoms with Gasteiger partial charge in [-0.05, 0) is 37.8 Å². The van der Waals surface area contributed by atoms with Crippen LogP contribution in [0.2, 0.25) is 0 Å². The maximum absolute atomic E-state index is 6.29. The fraction of sp³-hybridized carbons (Fsp3) is 0.625. The lowest BCUT2D eigenvalue weighted by atomic mass is 9.95. The van der Waals surface area contributed by atoms with E-state index in [1.54, 1.807) is 0 Å². The minimum absolute atomic E-state index is 0.0352. The standard InChI is InChI=1S/C16H25NO/c1-12-8-6-7-11-15(12)16(13(2)17)18-14-9-4-3-5-10-14/h6-8,11,13-14,16H,3-5,9-10,17H2,1-2H3. The molecule has 2 atom stereocenters. The number of ether oxygens (including phenoxy) is 1. The summed E-state index contributed by atoms with van der Waals surface area (Å²) >= 11 is 0. The second kappa shape index (κ2) is 6.35. The maximum Gasteiger partial charge on any atom is 0.0979 e. The van der Waals surface area contributed by atoms with Crippen LogP contribution in [0.4, 0.5) is 0 Å². The zero-order valence-corrected chi connectivity index (χ0v) is 11.6. The third kappa shape index (κ3) is 3.33. The molecule has 0 spiro atoms. The Morgan fingerprint density at radius 3 is 2.44 bits per heavy atom. The molecule has 1 aliphatic rings. The van der Waals surface area contributed by atoms with Gasteiger partial charge in [-0.1, -0.05) is 43.5 Å². The molecule has 1 saturated carbocycles. The van der Waals surface area contributed by atoms with Crippen LogP contribution in [-0.2, 0) is 4.74 Å². The van der Waals surface area contributed by atoms with Crippen LogP contribution in [-0.4, -0.2) is 12.1 Å². The molecule has 0 heterocycles. The summed E-state index contributed by atoms with van der Waals surface area (Å²) in [7, 11) is 0. The van der Waals surface area contributed by atoms with Crippen molar-refractivity contribution < 1.29 is 4.74 Å². The molecule has 2 rings (SSSR count). The van der Waals surface area contributed by atoms with Crippen LogP contribution >= 0.6 is 0 Å². The summed E-state index contributed by atoms with van der Waals surface area (Å²) in [5.41, 5.74) is 8.65. The van der Waals surface area contributed by atoms with Crippen molar-refractivity contribution in [3.05, 3.63) is 35.4 Å². The summed E-state index contributed by atoms with van der Waals surface area (Å²) in [6.45, 7) is 4.18. The second-order valence-corrected chi connectivity index (χ2v) is 5.53. The lowest BCUT2D eigenvalue weighted by Gasteiger charge is -2.30. The Bertz CT molecular complexity index is 369. The van der Waals surface area contributed by atoms with Crippen molar-refractivity contribution in [3.8, 4) is 0 Å². The van der Waals surface area contributed by atoms with Gasteiger partial charge < -0.3 is 10.5 Å². The summed E-state index contributed by atoms with van der Waals surface area (Å²) in [5, 5.41) is 0. The van der Waals surface area contributed by atoms with E-state index in [1.165, 1.54) is 43.2 Å². The fourth-order valence-electron chi connectivity index (χ4n) is 2.80. The molecule has 100 valence electrons. The molecular formula is C16H25NO. The van der Waals surface area contributed by atoms with Crippen LogP contribution in [0.25, 0.3) is 0 Å². The summed E-state index contributed by atoms with van der Waals surface area (Å²) < 4.78 is 6.29. The van der Waals surface area contributed by atoms with Gasteiger partial charge in [-0.15, -0.1) is 0 Å². The Balaban J connectivity index is 2.10. The lowest BCUT2D eigenvalue weighted by Crippen LogP contribution is -2.31. The largest absolute Gasteiger partial charge is 0.369 e. The van der Waals surface area contributed by atoms with Crippen molar-refractivity contribution in [2.24, 2.45) is 5.73 Å². The fourth-order valence-corrected chi connectivity index (χ4v) is 2.80. The second-order valence-electron chi connectivity index (χ2n) is 5.53. The van der Waals surface area contributed by atoms with Crippen molar-refractivity contribution in [1.82, 2.24) is 0 Å². The molecule has 0 aliphatic heterocycles. The molecule has 0 aromatic heterocycles. The highest BCUT2D eigenvalue weighted by Gasteiger charge is 2.24. The molecule has 1 fully saturated rings. The molecule has 2 nitrogen and oxygen atoms in total. The molecule has 18 heavy (non-hydrogen) atoms. The predicted molar refractivity (Wildman–Crippen MR) is 75.5 cm³/mol. The summed E-state index contributed by atoms with van der Waals surface area (Å²) in [4.78, 5) is 0. The van der Waals surface area contributed by atoms with E-state index in [0.29, 0.717) is 6.10 Å². The van der Waals surface area contributed by atoms with Crippen LogP contribution in [0.1, 0.15) is 56.3 Å². The average molecular weight is 247 g/mol. The van der Waals surface area contributed by atoms with E-state index in [4.69, 9.17) is 10.5 Å². The molecule has 0 bridgehead atoms. The predicted octanol–water partition coefficient (Wildman–Crippen LogP) is 3.73. The van der Waals surface area contributed by atoms with Crippen molar-refractivity contribution >= 4 is 0 Å². The topological polar surface area (TPSA) is 35.2 Å². The van der Waals surface area contributed by atoms with E-state index in [1.807, 2.05) is 6.92 Å². The first-order valence-electron chi connectivity index (χ1n) is 7.15. The van der Waals surface area contributed by atoms with Gasteiger partial charge in [0.2, 0.25) is 0 Å². The van der Waals surface area contributed by atoms with Gasteiger partial charge in [0.15, 0.2) is 0 Å². The first-order valence-corrected chi connectivity index (χ1v) is 7.15. The van der Waals surface area contributed by atoms with Gasteiger partial charge in [0.25, 0.3) is 0 Å². The SMILES string of the molecule is Cc1ccccc1C(OC1CCCCC1)C(C)N. The minimum atomic E-state index is 0.0352. The average Bonchev–Trinajstić information content (AvgIpc) is 2.38. The van der Waals surface area contributed by atoms with Crippen molar-refractivity contribution in [3.63, 3.8) is 0 Å². The molecule has 0 saturated heterocycles. The summed E-state index contributed by atoms with van der Waals surface area (Å²) in [6.07, 6.45) is 6.76. The Morgan fingerprint density at radius 2 is 1.83 bits per heavy atom. The molecule has 0 amide bonds. The first kappa shape index (κ1) is 13.6. The zero-order valence-electron chi connectivity index (χ0n) is 11.6. The van der Waals surface area contributed by atoms with E-state index in [2.05, 4.69) is 31.2 Å². The summed E-state index contributed by atoms with van der Waals surface area (Å²) in [6, 6.07) is 8.45. The van der Waals surface area contributed by atoms with Gasteiger partial charge in [0, 0.05) is 6.04 Å². The Kier molecular flexibility index (Phi) is 4.79. The third-order valence-electron chi connectivity index (χ3n) is 3.86. The van der Waals surface area contributed by atoms with Gasteiger partial charge in [0.05, 0.1) is 12.2 Å². The Labute approximate surface area is 111 Å². The monoisotopic (exact) mass is 247 g/mol. The number of benzene rings is 1. The zero-order chi connectivity index (χ0) is 13.0. The minimum Gasteiger partial charge on any atom is -0.369 e. The van der Waals surface area contributed by atoms with Gasteiger partial charge in [0.1, 0.15) is 0 Å². The molecule has 2 heteroatoms. The van der Waals surface area contributed by atoms with E-state index in [0.717, 1.165) is 0 Å². The number of rotatable bonds is 4. The smallest absolute Gasteiger partial charge is 0.0979 e. The number of hydrogen-bond donors (Lipinski definition) is 1. The number of aryl methyl sites for hydroxylation is 1. The third-order valence-corrected chi connectivity index (χ3v) is 3.86. The molecule has 2 unspecified atom stereocenters.